The summed E-state index contributed by atoms with van der Waals surface area (Å²) in [7, 11) is 1.52. The average Bonchev–Trinajstić information content (AvgIpc) is 2.57. The Balaban J connectivity index is 1.96. The number of nitrogen functional groups attached to an aromatic ring is 1. The Labute approximate surface area is 142 Å². The molecule has 2 amide bonds. The molecule has 1 heterocycles. The van der Waals surface area contributed by atoms with Gasteiger partial charge in [-0.2, -0.15) is 0 Å². The van der Waals surface area contributed by atoms with Crippen molar-refractivity contribution in [1.82, 2.24) is 4.98 Å². The molecule has 0 atom stereocenters. The summed E-state index contributed by atoms with van der Waals surface area (Å²) in [5.74, 6) is 0.532. The number of ether oxygens (including phenoxy) is 2. The van der Waals surface area contributed by atoms with E-state index < -0.39 is 11.8 Å². The second-order valence-electron chi connectivity index (χ2n) is 5.15. The number of hydrogen-bond acceptors (Lipinski definition) is 5. The summed E-state index contributed by atoms with van der Waals surface area (Å²) in [5, 5.41) is 2.84. The van der Waals surface area contributed by atoms with Crippen molar-refractivity contribution in [3.8, 4) is 17.2 Å². The van der Waals surface area contributed by atoms with Crippen LogP contribution in [0.2, 0.25) is 0 Å². The van der Waals surface area contributed by atoms with Gasteiger partial charge in [-0.25, -0.2) is 9.18 Å². The molecule has 5 N–H and O–H groups in total. The van der Waals surface area contributed by atoms with Crippen molar-refractivity contribution in [2.75, 3.05) is 18.2 Å². The molecular formula is C17H15FN4O3. The monoisotopic (exact) mass is 342 g/mol. The predicted molar refractivity (Wildman–Crippen MR) is 92.4 cm³/mol. The van der Waals surface area contributed by atoms with E-state index in [1.54, 1.807) is 24.4 Å². The molecule has 0 aliphatic carbocycles. The molecule has 0 radical (unpaired) electrons. The van der Waals surface area contributed by atoms with Crippen LogP contribution in [-0.2, 0) is 0 Å². The van der Waals surface area contributed by atoms with Gasteiger partial charge in [0.05, 0.1) is 24.0 Å². The molecule has 0 saturated carbocycles. The molecule has 0 fully saturated rings. The number of nitrogens with zero attached hydrogens (tertiary/aromatic N) is 1. The van der Waals surface area contributed by atoms with Gasteiger partial charge < -0.3 is 26.3 Å². The van der Waals surface area contributed by atoms with Crippen molar-refractivity contribution in [2.45, 2.75) is 0 Å². The van der Waals surface area contributed by atoms with E-state index in [9.17, 15) is 9.18 Å². The number of nitrogens with one attached hydrogen (secondary N) is 1. The highest BCUT2D eigenvalue weighted by molar-refractivity contribution is 5.90. The lowest BCUT2D eigenvalue weighted by Gasteiger charge is -2.12. The number of amides is 2. The first-order chi connectivity index (χ1) is 12.0. The predicted octanol–water partition coefficient (Wildman–Crippen LogP) is 3.25. The fourth-order valence-corrected chi connectivity index (χ4v) is 2.35. The summed E-state index contributed by atoms with van der Waals surface area (Å²) in [6.07, 6.45) is 1.56. The fraction of sp³-hybridized carbons (Fsp3) is 0.0588. The van der Waals surface area contributed by atoms with E-state index in [1.807, 2.05) is 0 Å². The van der Waals surface area contributed by atoms with Crippen LogP contribution in [0, 0.1) is 5.82 Å². The highest BCUT2D eigenvalue weighted by Gasteiger charge is 2.11. The Hall–Kier alpha value is -3.55. The Morgan fingerprint density at radius 1 is 1.20 bits per heavy atom. The molecule has 0 spiro atoms. The third-order valence-corrected chi connectivity index (χ3v) is 3.48. The number of halogens is 1. The van der Waals surface area contributed by atoms with E-state index in [1.165, 1.54) is 19.2 Å². The number of urea groups is 1. The van der Waals surface area contributed by atoms with Gasteiger partial charge >= 0.3 is 6.03 Å². The maximum Gasteiger partial charge on any atom is 0.316 e. The van der Waals surface area contributed by atoms with Gasteiger partial charge in [0.15, 0.2) is 0 Å². The van der Waals surface area contributed by atoms with Crippen molar-refractivity contribution in [2.24, 2.45) is 5.73 Å². The molecule has 25 heavy (non-hydrogen) atoms. The number of carbonyl (C=O) groups is 1. The van der Waals surface area contributed by atoms with Crippen molar-refractivity contribution >= 4 is 28.3 Å². The van der Waals surface area contributed by atoms with Gasteiger partial charge in [-0.15, -0.1) is 0 Å². The molecule has 3 rings (SSSR count). The minimum absolute atomic E-state index is 0.0339. The van der Waals surface area contributed by atoms with E-state index >= 15 is 0 Å². The molecule has 128 valence electrons. The van der Waals surface area contributed by atoms with E-state index in [2.05, 4.69) is 10.3 Å². The smallest absolute Gasteiger partial charge is 0.316 e. The zero-order valence-electron chi connectivity index (χ0n) is 13.2. The number of benzene rings is 2. The number of primary amides is 1. The topological polar surface area (TPSA) is 112 Å². The van der Waals surface area contributed by atoms with Crippen LogP contribution in [0.25, 0.3) is 10.9 Å². The van der Waals surface area contributed by atoms with E-state index in [0.29, 0.717) is 28.1 Å². The molecule has 0 aliphatic rings. The van der Waals surface area contributed by atoms with Gasteiger partial charge in [-0.3, -0.25) is 4.98 Å². The van der Waals surface area contributed by atoms with Crippen LogP contribution in [0.15, 0.2) is 42.6 Å². The number of carbonyl (C=O) groups excluding carboxylic acids is 1. The van der Waals surface area contributed by atoms with Crippen LogP contribution in [0.1, 0.15) is 0 Å². The number of rotatable bonds is 4. The SMILES string of the molecule is COc1cc2nccc(Oc3ccc(NC(N)=O)c(F)c3)c2cc1N. The van der Waals surface area contributed by atoms with E-state index in [-0.39, 0.29) is 11.4 Å². The van der Waals surface area contributed by atoms with Crippen LogP contribution < -0.4 is 26.3 Å². The lowest BCUT2D eigenvalue weighted by atomic mass is 10.1. The van der Waals surface area contributed by atoms with Crippen LogP contribution in [0.3, 0.4) is 0 Å². The van der Waals surface area contributed by atoms with Crippen LogP contribution in [0.5, 0.6) is 17.2 Å². The van der Waals surface area contributed by atoms with Crippen molar-refractivity contribution in [3.63, 3.8) is 0 Å². The Kier molecular flexibility index (Phi) is 4.25. The molecule has 0 unspecified atom stereocenters. The molecular weight excluding hydrogens is 327 g/mol. The minimum Gasteiger partial charge on any atom is -0.495 e. The Bertz CT molecular complexity index is 962. The first-order valence-electron chi connectivity index (χ1n) is 7.24. The summed E-state index contributed by atoms with van der Waals surface area (Å²) in [6, 6.07) is 8.17. The largest absolute Gasteiger partial charge is 0.495 e. The number of pyridine rings is 1. The summed E-state index contributed by atoms with van der Waals surface area (Å²) < 4.78 is 24.9. The summed E-state index contributed by atoms with van der Waals surface area (Å²) in [4.78, 5) is 15.1. The maximum absolute atomic E-state index is 14.0. The minimum atomic E-state index is -0.850. The molecule has 0 saturated heterocycles. The number of hydrogen-bond donors (Lipinski definition) is 3. The highest BCUT2D eigenvalue weighted by Crippen LogP contribution is 2.34. The normalized spacial score (nSPS) is 10.5. The standard InChI is InChI=1S/C17H15FN4O3/c1-24-16-8-14-10(7-12(16)19)15(4-5-21-14)25-9-2-3-13(11(18)6-9)22-17(20)23/h2-8H,19H2,1H3,(H3,20,22,23). The Morgan fingerprint density at radius 3 is 2.68 bits per heavy atom. The first-order valence-corrected chi connectivity index (χ1v) is 7.24. The van der Waals surface area contributed by atoms with E-state index in [4.69, 9.17) is 20.9 Å². The lowest BCUT2D eigenvalue weighted by Crippen LogP contribution is -2.19. The third kappa shape index (κ3) is 3.37. The van der Waals surface area contributed by atoms with Crippen LogP contribution in [0.4, 0.5) is 20.6 Å². The van der Waals surface area contributed by atoms with Gasteiger partial charge in [0.25, 0.3) is 0 Å². The number of methoxy groups -OCH3 is 1. The molecule has 0 aliphatic heterocycles. The van der Waals surface area contributed by atoms with Crippen molar-refractivity contribution in [3.05, 3.63) is 48.4 Å². The highest BCUT2D eigenvalue weighted by atomic mass is 19.1. The fourth-order valence-electron chi connectivity index (χ4n) is 2.35. The molecule has 8 heteroatoms. The van der Waals surface area contributed by atoms with Crippen LogP contribution >= 0.6 is 0 Å². The molecule has 7 nitrogen and oxygen atoms in total. The number of aromatic nitrogens is 1. The number of nitrogens with two attached hydrogens (primary N) is 2. The molecule has 3 aromatic rings. The number of fused-ring (bicyclic) bond motifs is 1. The van der Waals surface area contributed by atoms with Gasteiger partial charge in [0.1, 0.15) is 23.1 Å². The third-order valence-electron chi connectivity index (χ3n) is 3.48. The summed E-state index contributed by atoms with van der Waals surface area (Å²) >= 11 is 0. The average molecular weight is 342 g/mol. The first kappa shape index (κ1) is 16.3. The Morgan fingerprint density at radius 2 is 2.00 bits per heavy atom. The van der Waals surface area contributed by atoms with Crippen LogP contribution in [-0.4, -0.2) is 18.1 Å². The van der Waals surface area contributed by atoms with Gasteiger partial charge in [0, 0.05) is 23.7 Å². The molecule has 1 aromatic heterocycles. The van der Waals surface area contributed by atoms with Gasteiger partial charge in [-0.1, -0.05) is 0 Å². The van der Waals surface area contributed by atoms with E-state index in [0.717, 1.165) is 6.07 Å². The molecule has 0 bridgehead atoms. The quantitative estimate of drug-likeness (QED) is 0.630. The van der Waals surface area contributed by atoms with Gasteiger partial charge in [0.2, 0.25) is 0 Å². The van der Waals surface area contributed by atoms with Crippen molar-refractivity contribution in [1.29, 1.82) is 0 Å². The summed E-state index contributed by atoms with van der Waals surface area (Å²) in [5.41, 5.74) is 11.9. The maximum atomic E-state index is 14.0. The van der Waals surface area contributed by atoms with Crippen molar-refractivity contribution < 1.29 is 18.7 Å². The second-order valence-corrected chi connectivity index (χ2v) is 5.15. The van der Waals surface area contributed by atoms with Gasteiger partial charge in [-0.05, 0) is 24.3 Å². The second kappa shape index (κ2) is 6.52. The molecule has 2 aromatic carbocycles. The zero-order chi connectivity index (χ0) is 18.0. The zero-order valence-corrected chi connectivity index (χ0v) is 13.2. The lowest BCUT2D eigenvalue weighted by molar-refractivity contribution is 0.259. The number of anilines is 2. The summed E-state index contributed by atoms with van der Waals surface area (Å²) in [6.45, 7) is 0.